The van der Waals surface area contributed by atoms with Crippen LogP contribution in [0.4, 0.5) is 5.69 Å². The van der Waals surface area contributed by atoms with E-state index in [1.54, 1.807) is 29.5 Å². The molecule has 6 nitrogen and oxygen atoms in total. The van der Waals surface area contributed by atoms with Gasteiger partial charge < -0.3 is 15.4 Å². The quantitative estimate of drug-likeness (QED) is 0.582. The number of benzene rings is 2. The second-order valence-electron chi connectivity index (χ2n) is 6.28. The highest BCUT2D eigenvalue weighted by Crippen LogP contribution is 2.28. The van der Waals surface area contributed by atoms with Gasteiger partial charge in [0.2, 0.25) is 0 Å². The molecule has 0 spiro atoms. The third-order valence-corrected chi connectivity index (χ3v) is 5.46. The van der Waals surface area contributed by atoms with Crippen molar-refractivity contribution in [3.05, 3.63) is 65.2 Å². The van der Waals surface area contributed by atoms with E-state index in [1.807, 2.05) is 50.2 Å². The molecule has 1 aromatic heterocycles. The van der Waals surface area contributed by atoms with Crippen LogP contribution in [0.25, 0.3) is 10.6 Å². The van der Waals surface area contributed by atoms with Crippen LogP contribution in [0.15, 0.2) is 54.6 Å². The summed E-state index contributed by atoms with van der Waals surface area (Å²) in [6, 6.07) is 17.0. The van der Waals surface area contributed by atoms with Gasteiger partial charge in [-0.25, -0.2) is 4.98 Å². The van der Waals surface area contributed by atoms with E-state index in [1.165, 1.54) is 0 Å². The maximum Gasteiger partial charge on any atom is 0.313 e. The van der Waals surface area contributed by atoms with Gasteiger partial charge in [-0.3, -0.25) is 9.59 Å². The topological polar surface area (TPSA) is 80.3 Å². The highest BCUT2D eigenvalue weighted by Gasteiger charge is 2.16. The largest absolute Gasteiger partial charge is 0.492 e. The van der Waals surface area contributed by atoms with Crippen LogP contribution in [0, 0.1) is 6.92 Å². The molecule has 0 aliphatic carbocycles. The van der Waals surface area contributed by atoms with Crippen LogP contribution in [0.1, 0.15) is 17.5 Å². The number of para-hydroxylation sites is 2. The number of aryl methyl sites for hydroxylation is 1. The maximum atomic E-state index is 12.2. The molecule has 2 amide bonds. The first-order valence-corrected chi connectivity index (χ1v) is 10.2. The Balaban J connectivity index is 1.54. The van der Waals surface area contributed by atoms with Gasteiger partial charge in [0.25, 0.3) is 0 Å². The van der Waals surface area contributed by atoms with Crippen LogP contribution >= 0.6 is 11.3 Å². The highest BCUT2D eigenvalue weighted by molar-refractivity contribution is 7.15. The Morgan fingerprint density at radius 2 is 1.76 bits per heavy atom. The fourth-order valence-electron chi connectivity index (χ4n) is 2.76. The molecular weight excluding hydrogens is 386 g/mol. The van der Waals surface area contributed by atoms with Crippen LogP contribution < -0.4 is 15.4 Å². The molecule has 0 radical (unpaired) electrons. The van der Waals surface area contributed by atoms with Crippen LogP contribution in [0.2, 0.25) is 0 Å². The molecule has 0 saturated heterocycles. The van der Waals surface area contributed by atoms with Crippen LogP contribution in [-0.2, 0) is 16.0 Å². The Hall–Kier alpha value is -3.19. The van der Waals surface area contributed by atoms with Gasteiger partial charge in [-0.1, -0.05) is 42.5 Å². The number of anilines is 1. The van der Waals surface area contributed by atoms with Gasteiger partial charge >= 0.3 is 11.8 Å². The number of carbonyl (C=O) groups excluding carboxylic acids is 2. The van der Waals surface area contributed by atoms with Gasteiger partial charge in [-0.05, 0) is 26.0 Å². The number of ether oxygens (including phenoxy) is 1. The molecule has 0 aliphatic rings. The zero-order valence-corrected chi connectivity index (χ0v) is 17.2. The second kappa shape index (κ2) is 9.84. The summed E-state index contributed by atoms with van der Waals surface area (Å²) in [5.74, 6) is -0.866. The zero-order chi connectivity index (χ0) is 20.6. The minimum Gasteiger partial charge on any atom is -0.492 e. The summed E-state index contributed by atoms with van der Waals surface area (Å²) in [7, 11) is 0. The average Bonchev–Trinajstić information content (AvgIpc) is 3.11. The molecule has 0 saturated carbocycles. The third kappa shape index (κ3) is 5.42. The average molecular weight is 410 g/mol. The summed E-state index contributed by atoms with van der Waals surface area (Å²) in [5.41, 5.74) is 2.49. The van der Waals surface area contributed by atoms with E-state index in [2.05, 4.69) is 15.6 Å². The molecule has 3 rings (SSSR count). The SMILES string of the molecule is CCOc1ccccc1NC(=O)C(=O)NCCc1sc(-c2ccccc2)nc1C. The van der Waals surface area contributed by atoms with E-state index in [-0.39, 0.29) is 0 Å². The summed E-state index contributed by atoms with van der Waals surface area (Å²) < 4.78 is 5.46. The lowest BCUT2D eigenvalue weighted by Gasteiger charge is -2.11. The molecule has 0 aliphatic heterocycles. The Labute approximate surface area is 173 Å². The predicted octanol–water partition coefficient (Wildman–Crippen LogP) is 3.81. The molecule has 7 heteroatoms. The van der Waals surface area contributed by atoms with Crippen molar-refractivity contribution >= 4 is 28.8 Å². The van der Waals surface area contributed by atoms with Crippen molar-refractivity contribution in [2.75, 3.05) is 18.5 Å². The Kier molecular flexibility index (Phi) is 6.97. The zero-order valence-electron chi connectivity index (χ0n) is 16.4. The minimum absolute atomic E-state index is 0.358. The second-order valence-corrected chi connectivity index (χ2v) is 7.37. The third-order valence-electron chi connectivity index (χ3n) is 4.19. The standard InChI is InChI=1S/C22H23N3O3S/c1-3-28-18-12-8-7-11-17(18)25-21(27)20(26)23-14-13-19-15(2)24-22(29-19)16-9-5-4-6-10-16/h4-12H,3,13-14H2,1-2H3,(H,23,26)(H,25,27). The van der Waals surface area contributed by atoms with E-state index in [0.29, 0.717) is 31.0 Å². The van der Waals surface area contributed by atoms with Crippen molar-refractivity contribution in [1.29, 1.82) is 0 Å². The van der Waals surface area contributed by atoms with Crippen molar-refractivity contribution < 1.29 is 14.3 Å². The highest BCUT2D eigenvalue weighted by atomic mass is 32.1. The summed E-state index contributed by atoms with van der Waals surface area (Å²) in [5, 5.41) is 6.21. The number of thiazole rings is 1. The Morgan fingerprint density at radius 3 is 2.52 bits per heavy atom. The van der Waals surface area contributed by atoms with E-state index in [9.17, 15) is 9.59 Å². The van der Waals surface area contributed by atoms with Crippen molar-refractivity contribution in [2.45, 2.75) is 20.3 Å². The Bertz CT molecular complexity index is 986. The summed E-state index contributed by atoms with van der Waals surface area (Å²) in [6.07, 6.45) is 0.616. The summed E-state index contributed by atoms with van der Waals surface area (Å²) in [6.45, 7) is 4.64. The van der Waals surface area contributed by atoms with Gasteiger partial charge in [-0.2, -0.15) is 0 Å². The molecular formula is C22H23N3O3S. The van der Waals surface area contributed by atoms with E-state index in [0.717, 1.165) is 21.1 Å². The number of amides is 2. The molecule has 2 N–H and O–H groups in total. The van der Waals surface area contributed by atoms with Crippen molar-refractivity contribution in [2.24, 2.45) is 0 Å². The molecule has 3 aromatic rings. The first kappa shape index (κ1) is 20.5. The Morgan fingerprint density at radius 1 is 1.03 bits per heavy atom. The van der Waals surface area contributed by atoms with Crippen molar-refractivity contribution in [3.8, 4) is 16.3 Å². The summed E-state index contributed by atoms with van der Waals surface area (Å²) >= 11 is 1.60. The number of rotatable bonds is 7. The van der Waals surface area contributed by atoms with Crippen LogP contribution in [-0.4, -0.2) is 29.9 Å². The molecule has 0 fully saturated rings. The fourth-order valence-corrected chi connectivity index (χ4v) is 3.83. The van der Waals surface area contributed by atoms with Gasteiger partial charge in [0.1, 0.15) is 10.8 Å². The van der Waals surface area contributed by atoms with Crippen LogP contribution in [0.5, 0.6) is 5.75 Å². The lowest BCUT2D eigenvalue weighted by molar-refractivity contribution is -0.136. The van der Waals surface area contributed by atoms with Crippen molar-refractivity contribution in [3.63, 3.8) is 0 Å². The molecule has 1 heterocycles. The predicted molar refractivity (Wildman–Crippen MR) is 115 cm³/mol. The molecule has 0 unspecified atom stereocenters. The number of nitrogens with one attached hydrogen (secondary N) is 2. The number of nitrogens with zero attached hydrogens (tertiary/aromatic N) is 1. The lowest BCUT2D eigenvalue weighted by atomic mass is 10.2. The normalized spacial score (nSPS) is 10.4. The minimum atomic E-state index is -0.719. The number of hydrogen-bond donors (Lipinski definition) is 2. The summed E-state index contributed by atoms with van der Waals surface area (Å²) in [4.78, 5) is 30.0. The first-order valence-electron chi connectivity index (χ1n) is 9.41. The first-order chi connectivity index (χ1) is 14.1. The molecule has 2 aromatic carbocycles. The number of carbonyl (C=O) groups is 2. The smallest absolute Gasteiger partial charge is 0.313 e. The van der Waals surface area contributed by atoms with E-state index < -0.39 is 11.8 Å². The fraction of sp³-hybridized carbons (Fsp3) is 0.227. The van der Waals surface area contributed by atoms with E-state index >= 15 is 0 Å². The molecule has 0 bridgehead atoms. The van der Waals surface area contributed by atoms with Gasteiger partial charge in [0.15, 0.2) is 0 Å². The van der Waals surface area contributed by atoms with Crippen molar-refractivity contribution in [1.82, 2.24) is 10.3 Å². The monoisotopic (exact) mass is 409 g/mol. The molecule has 29 heavy (non-hydrogen) atoms. The maximum absolute atomic E-state index is 12.2. The van der Waals surface area contributed by atoms with Gasteiger partial charge in [-0.15, -0.1) is 11.3 Å². The van der Waals surface area contributed by atoms with Gasteiger partial charge in [0, 0.05) is 23.4 Å². The lowest BCUT2D eigenvalue weighted by Crippen LogP contribution is -2.36. The number of hydrogen-bond acceptors (Lipinski definition) is 5. The van der Waals surface area contributed by atoms with Gasteiger partial charge in [0.05, 0.1) is 18.0 Å². The molecule has 150 valence electrons. The molecule has 0 atom stereocenters. The van der Waals surface area contributed by atoms with Crippen LogP contribution in [0.3, 0.4) is 0 Å². The van der Waals surface area contributed by atoms with E-state index in [4.69, 9.17) is 4.74 Å². The number of aromatic nitrogens is 1.